The van der Waals surface area contributed by atoms with Gasteiger partial charge in [-0.1, -0.05) is 49.6 Å². The molecule has 2 rings (SSSR count). The number of hydrogen-bond donors (Lipinski definition) is 1. The second-order valence-corrected chi connectivity index (χ2v) is 6.93. The van der Waals surface area contributed by atoms with Gasteiger partial charge < -0.3 is 10.1 Å². The lowest BCUT2D eigenvalue weighted by Gasteiger charge is -2.30. The quantitative estimate of drug-likeness (QED) is 0.856. The average Bonchev–Trinajstić information content (AvgIpc) is 2.44. The van der Waals surface area contributed by atoms with Crippen LogP contribution in [0.1, 0.15) is 64.5 Å². The third-order valence-corrected chi connectivity index (χ3v) is 3.90. The largest absolute Gasteiger partial charge is 0.369 e. The Kier molecular flexibility index (Phi) is 5.62. The smallest absolute Gasteiger partial charge is 0.0953 e. The molecule has 0 bridgehead atoms. The third-order valence-electron chi connectivity index (χ3n) is 3.90. The van der Waals surface area contributed by atoms with Crippen molar-refractivity contribution in [2.45, 2.75) is 70.6 Å². The molecule has 0 saturated heterocycles. The zero-order valence-electron chi connectivity index (χ0n) is 13.2. The first-order chi connectivity index (χ1) is 9.54. The highest BCUT2D eigenvalue weighted by molar-refractivity contribution is 5.18. The lowest BCUT2D eigenvalue weighted by molar-refractivity contribution is -0.0327. The van der Waals surface area contributed by atoms with E-state index in [-0.39, 0.29) is 11.6 Å². The van der Waals surface area contributed by atoms with Crippen LogP contribution in [-0.2, 0) is 4.74 Å². The molecule has 1 aromatic carbocycles. The number of hydrogen-bond acceptors (Lipinski definition) is 2. The predicted molar refractivity (Wildman–Crippen MR) is 84.9 cm³/mol. The van der Waals surface area contributed by atoms with Crippen molar-refractivity contribution in [3.8, 4) is 0 Å². The summed E-state index contributed by atoms with van der Waals surface area (Å²) >= 11 is 0. The van der Waals surface area contributed by atoms with Crippen LogP contribution in [0.4, 0.5) is 0 Å². The van der Waals surface area contributed by atoms with Gasteiger partial charge in [0.25, 0.3) is 0 Å². The molecule has 0 aromatic heterocycles. The molecule has 0 amide bonds. The fourth-order valence-corrected chi connectivity index (χ4v) is 2.74. The molecule has 1 N–H and O–H groups in total. The molecule has 1 atom stereocenters. The Morgan fingerprint density at radius 3 is 2.35 bits per heavy atom. The first-order valence-electron chi connectivity index (χ1n) is 8.00. The minimum Gasteiger partial charge on any atom is -0.369 e. The molecule has 0 heterocycles. The average molecular weight is 275 g/mol. The highest BCUT2D eigenvalue weighted by Crippen LogP contribution is 2.27. The summed E-state index contributed by atoms with van der Waals surface area (Å²) in [5.74, 6) is 0. The van der Waals surface area contributed by atoms with Crippen molar-refractivity contribution in [3.63, 3.8) is 0 Å². The maximum atomic E-state index is 6.41. The monoisotopic (exact) mass is 275 g/mol. The van der Waals surface area contributed by atoms with Crippen LogP contribution in [0.15, 0.2) is 30.3 Å². The molecular formula is C18H29NO. The number of rotatable bonds is 5. The fraction of sp³-hybridized carbons (Fsp3) is 0.667. The second kappa shape index (κ2) is 7.24. The van der Waals surface area contributed by atoms with Gasteiger partial charge in [-0.15, -0.1) is 0 Å². The Balaban J connectivity index is 1.99. The van der Waals surface area contributed by atoms with E-state index < -0.39 is 0 Å². The number of ether oxygens (including phenoxy) is 1. The molecule has 2 heteroatoms. The minimum atomic E-state index is 0.128. The third kappa shape index (κ3) is 5.26. The van der Waals surface area contributed by atoms with Crippen LogP contribution >= 0.6 is 0 Å². The molecule has 1 aromatic rings. The molecule has 1 unspecified atom stereocenters. The van der Waals surface area contributed by atoms with Gasteiger partial charge in [-0.25, -0.2) is 0 Å². The van der Waals surface area contributed by atoms with Gasteiger partial charge in [-0.2, -0.15) is 0 Å². The highest BCUT2D eigenvalue weighted by Gasteiger charge is 2.22. The second-order valence-electron chi connectivity index (χ2n) is 6.93. The summed E-state index contributed by atoms with van der Waals surface area (Å²) in [7, 11) is 0. The van der Waals surface area contributed by atoms with E-state index in [2.05, 4.69) is 56.4 Å². The molecule has 1 fully saturated rings. The predicted octanol–water partition coefficient (Wildman–Crippen LogP) is 4.47. The van der Waals surface area contributed by atoms with E-state index in [1.54, 1.807) is 0 Å². The molecule has 1 aliphatic rings. The topological polar surface area (TPSA) is 21.3 Å². The molecular weight excluding hydrogens is 246 g/mol. The zero-order chi connectivity index (χ0) is 14.4. The SMILES string of the molecule is CC(C)(C)NCC(OC1CCCCC1)c1ccccc1. The van der Waals surface area contributed by atoms with E-state index >= 15 is 0 Å². The lowest BCUT2D eigenvalue weighted by atomic mass is 9.97. The molecule has 0 aliphatic heterocycles. The summed E-state index contributed by atoms with van der Waals surface area (Å²) in [6.45, 7) is 7.49. The Labute approximate surface area is 123 Å². The van der Waals surface area contributed by atoms with Crippen LogP contribution < -0.4 is 5.32 Å². The van der Waals surface area contributed by atoms with E-state index in [0.29, 0.717) is 6.10 Å². The Morgan fingerprint density at radius 2 is 1.75 bits per heavy atom. The summed E-state index contributed by atoms with van der Waals surface area (Å²) in [5, 5.41) is 3.59. The summed E-state index contributed by atoms with van der Waals surface area (Å²) in [6.07, 6.45) is 7.06. The van der Waals surface area contributed by atoms with Crippen molar-refractivity contribution in [1.29, 1.82) is 0 Å². The van der Waals surface area contributed by atoms with Crippen LogP contribution in [0.2, 0.25) is 0 Å². The molecule has 2 nitrogen and oxygen atoms in total. The van der Waals surface area contributed by atoms with Crippen LogP contribution in [0.5, 0.6) is 0 Å². The Hall–Kier alpha value is -0.860. The first-order valence-corrected chi connectivity index (χ1v) is 8.00. The van der Waals surface area contributed by atoms with Crippen molar-refractivity contribution in [3.05, 3.63) is 35.9 Å². The van der Waals surface area contributed by atoms with E-state index in [9.17, 15) is 0 Å². The van der Waals surface area contributed by atoms with Crippen LogP contribution in [-0.4, -0.2) is 18.2 Å². The molecule has 1 saturated carbocycles. The van der Waals surface area contributed by atoms with Gasteiger partial charge in [0.05, 0.1) is 12.2 Å². The Morgan fingerprint density at radius 1 is 1.10 bits per heavy atom. The van der Waals surface area contributed by atoms with Gasteiger partial charge in [0.2, 0.25) is 0 Å². The van der Waals surface area contributed by atoms with Gasteiger partial charge in [-0.3, -0.25) is 0 Å². The standard InChI is InChI=1S/C18H29NO/c1-18(2,3)19-14-17(15-10-6-4-7-11-15)20-16-12-8-5-9-13-16/h4,6-7,10-11,16-17,19H,5,8-9,12-14H2,1-3H3. The van der Waals surface area contributed by atoms with Crippen molar-refractivity contribution in [1.82, 2.24) is 5.32 Å². The van der Waals surface area contributed by atoms with Gasteiger partial charge >= 0.3 is 0 Å². The maximum Gasteiger partial charge on any atom is 0.0953 e. The van der Waals surface area contributed by atoms with Crippen LogP contribution in [0, 0.1) is 0 Å². The molecule has 20 heavy (non-hydrogen) atoms. The molecule has 0 spiro atoms. The Bertz CT molecular complexity index is 376. The van der Waals surface area contributed by atoms with Crippen LogP contribution in [0.25, 0.3) is 0 Å². The van der Waals surface area contributed by atoms with Crippen molar-refractivity contribution >= 4 is 0 Å². The van der Waals surface area contributed by atoms with E-state index in [4.69, 9.17) is 4.74 Å². The number of nitrogens with one attached hydrogen (secondary N) is 1. The summed E-state index contributed by atoms with van der Waals surface area (Å²) in [5.41, 5.74) is 1.41. The number of benzene rings is 1. The van der Waals surface area contributed by atoms with Gasteiger partial charge in [-0.05, 0) is 39.2 Å². The fourth-order valence-electron chi connectivity index (χ4n) is 2.74. The van der Waals surface area contributed by atoms with E-state index in [1.807, 2.05) is 0 Å². The van der Waals surface area contributed by atoms with Crippen molar-refractivity contribution in [2.75, 3.05) is 6.54 Å². The molecule has 0 radical (unpaired) electrons. The highest BCUT2D eigenvalue weighted by atomic mass is 16.5. The summed E-state index contributed by atoms with van der Waals surface area (Å²) in [6, 6.07) is 10.6. The van der Waals surface area contributed by atoms with Crippen molar-refractivity contribution < 1.29 is 4.74 Å². The summed E-state index contributed by atoms with van der Waals surface area (Å²) < 4.78 is 6.41. The minimum absolute atomic E-state index is 0.128. The van der Waals surface area contributed by atoms with Gasteiger partial charge in [0.1, 0.15) is 0 Å². The van der Waals surface area contributed by atoms with Gasteiger partial charge in [0, 0.05) is 12.1 Å². The first kappa shape index (κ1) is 15.5. The molecule has 112 valence electrons. The maximum absolute atomic E-state index is 6.41. The van der Waals surface area contributed by atoms with E-state index in [0.717, 1.165) is 6.54 Å². The van der Waals surface area contributed by atoms with Crippen LogP contribution in [0.3, 0.4) is 0 Å². The molecule has 1 aliphatic carbocycles. The van der Waals surface area contributed by atoms with Gasteiger partial charge in [0.15, 0.2) is 0 Å². The van der Waals surface area contributed by atoms with Crippen molar-refractivity contribution in [2.24, 2.45) is 0 Å². The zero-order valence-corrected chi connectivity index (χ0v) is 13.2. The van der Waals surface area contributed by atoms with E-state index in [1.165, 1.54) is 37.7 Å². The summed E-state index contributed by atoms with van der Waals surface area (Å²) in [4.78, 5) is 0. The normalized spacial score (nSPS) is 18.9. The lowest BCUT2D eigenvalue weighted by Crippen LogP contribution is -2.39.